The van der Waals surface area contributed by atoms with Crippen molar-refractivity contribution in [3.8, 4) is 41.8 Å². The predicted molar refractivity (Wildman–Crippen MR) is 256 cm³/mol. The van der Waals surface area contributed by atoms with E-state index >= 15 is 0 Å². The van der Waals surface area contributed by atoms with Gasteiger partial charge in [-0.15, -0.1) is 22.7 Å². The molecule has 6 aromatic rings. The Morgan fingerprint density at radius 1 is 0.345 bits per heavy atom. The summed E-state index contributed by atoms with van der Waals surface area (Å²) in [4.78, 5) is 5.18. The van der Waals surface area contributed by atoms with E-state index in [1.807, 2.05) is 22.7 Å². The summed E-state index contributed by atoms with van der Waals surface area (Å²) in [6, 6.07) is 29.5. The average molecular weight is 803 g/mol. The minimum Gasteiger partial charge on any atom is -0.354 e. The van der Waals surface area contributed by atoms with Gasteiger partial charge in [0.1, 0.15) is 0 Å². The van der Waals surface area contributed by atoms with E-state index in [2.05, 4.69) is 194 Å². The molecule has 58 heavy (non-hydrogen) atoms. The number of hydrogen-bond acceptors (Lipinski definition) is 4. The molecular formula is C54H62N2S2. The van der Waals surface area contributed by atoms with Crippen LogP contribution < -0.4 is 10.6 Å². The topological polar surface area (TPSA) is 24.1 Å². The molecule has 4 aromatic carbocycles. The summed E-state index contributed by atoms with van der Waals surface area (Å²) >= 11 is 3.87. The fourth-order valence-corrected chi connectivity index (χ4v) is 11.5. The van der Waals surface area contributed by atoms with Crippen LogP contribution in [0.15, 0.2) is 72.8 Å². The molecule has 2 nitrogen and oxygen atoms in total. The second kappa shape index (κ2) is 12.2. The van der Waals surface area contributed by atoms with Gasteiger partial charge >= 0.3 is 0 Å². The maximum atomic E-state index is 4.20. The standard InChI is InChI=1S/C54H62N2S2/c1-49(2,3)29-21-33-41-17-18-42(57-41)34-23-31(51(7,8)9)27-39-47(34)56-48-36(24-32(52(10,11)12)28-40(48)54(39,15)16)44-20-19-43(58-44)35-22-30(50(4,5)6)26-38-46(35)55-45(33)37(25-29)53(38,13)14/h17-28,55-56H,1-16H3. The van der Waals surface area contributed by atoms with Crippen LogP contribution in [-0.2, 0) is 32.5 Å². The molecule has 4 heteroatoms. The molecule has 0 atom stereocenters. The van der Waals surface area contributed by atoms with Gasteiger partial charge in [-0.25, -0.2) is 0 Å². The van der Waals surface area contributed by atoms with Crippen molar-refractivity contribution in [3.63, 3.8) is 0 Å². The lowest BCUT2D eigenvalue weighted by molar-refractivity contribution is 0.575. The van der Waals surface area contributed by atoms with E-state index in [9.17, 15) is 0 Å². The highest BCUT2D eigenvalue weighted by molar-refractivity contribution is 7.19. The fraction of sp³-hybridized carbons (Fsp3) is 0.407. The highest BCUT2D eigenvalue weighted by Gasteiger charge is 2.41. The Labute approximate surface area is 356 Å². The number of anilines is 4. The first kappa shape index (κ1) is 39.3. The second-order valence-electron chi connectivity index (χ2n) is 22.6. The van der Waals surface area contributed by atoms with E-state index in [-0.39, 0.29) is 32.5 Å². The van der Waals surface area contributed by atoms with Crippen molar-refractivity contribution in [3.05, 3.63) is 117 Å². The van der Waals surface area contributed by atoms with Crippen molar-refractivity contribution in [2.24, 2.45) is 0 Å². The Balaban J connectivity index is 1.44. The largest absolute Gasteiger partial charge is 0.354 e. The van der Waals surface area contributed by atoms with E-state index in [4.69, 9.17) is 0 Å². The van der Waals surface area contributed by atoms with Crippen LogP contribution in [0.2, 0.25) is 0 Å². The normalized spacial score (nSPS) is 16.1. The van der Waals surface area contributed by atoms with E-state index in [0.29, 0.717) is 0 Å². The van der Waals surface area contributed by atoms with E-state index in [1.165, 1.54) is 109 Å². The third-order valence-corrected chi connectivity index (χ3v) is 15.8. The lowest BCUT2D eigenvalue weighted by Gasteiger charge is -2.40. The van der Waals surface area contributed by atoms with Crippen molar-refractivity contribution in [2.75, 3.05) is 10.6 Å². The third kappa shape index (κ3) is 5.98. The van der Waals surface area contributed by atoms with Crippen LogP contribution in [0.25, 0.3) is 41.8 Å². The van der Waals surface area contributed by atoms with Crippen LogP contribution in [0, 0.1) is 0 Å². The quantitative estimate of drug-likeness (QED) is 0.160. The molecule has 3 aliphatic rings. The van der Waals surface area contributed by atoms with Gasteiger partial charge in [0.15, 0.2) is 0 Å². The van der Waals surface area contributed by atoms with E-state index < -0.39 is 0 Å². The molecule has 300 valence electrons. The Kier molecular flexibility index (Phi) is 8.30. The zero-order valence-electron chi connectivity index (χ0n) is 37.7. The number of rotatable bonds is 0. The Hall–Kier alpha value is -4.12. The molecule has 0 aliphatic carbocycles. The first-order valence-electron chi connectivity index (χ1n) is 21.3. The van der Waals surface area contributed by atoms with Gasteiger partial charge in [0.2, 0.25) is 0 Å². The molecule has 0 unspecified atom stereocenters. The van der Waals surface area contributed by atoms with Crippen molar-refractivity contribution < 1.29 is 0 Å². The van der Waals surface area contributed by atoms with Crippen molar-refractivity contribution in [1.82, 2.24) is 0 Å². The summed E-state index contributed by atoms with van der Waals surface area (Å²) < 4.78 is 0. The average Bonchev–Trinajstić information content (AvgIpc) is 3.80. The van der Waals surface area contributed by atoms with Gasteiger partial charge in [0.25, 0.3) is 0 Å². The number of nitrogens with one attached hydrogen (secondary N) is 2. The Morgan fingerprint density at radius 3 is 0.741 bits per heavy atom. The van der Waals surface area contributed by atoms with Gasteiger partial charge < -0.3 is 10.6 Å². The molecular weight excluding hydrogens is 741 g/mol. The van der Waals surface area contributed by atoms with Crippen molar-refractivity contribution in [1.29, 1.82) is 0 Å². The molecule has 0 spiro atoms. The fourth-order valence-electron chi connectivity index (χ4n) is 9.38. The zero-order chi connectivity index (χ0) is 41.9. The number of thiophene rings is 2. The zero-order valence-corrected chi connectivity index (χ0v) is 39.4. The minimum absolute atomic E-state index is 0.0173. The lowest BCUT2D eigenvalue weighted by atomic mass is 9.69. The third-order valence-electron chi connectivity index (χ3n) is 13.5. The number of fused-ring (bicyclic) bond motifs is 8. The van der Waals surface area contributed by atoms with Crippen LogP contribution in [0.3, 0.4) is 0 Å². The molecule has 8 bridgehead atoms. The summed E-state index contributed by atoms with van der Waals surface area (Å²) in [6.45, 7) is 38.0. The highest BCUT2D eigenvalue weighted by atomic mass is 32.1. The van der Waals surface area contributed by atoms with Gasteiger partial charge in [-0.1, -0.05) is 135 Å². The lowest BCUT2D eigenvalue weighted by Crippen LogP contribution is -2.29. The van der Waals surface area contributed by atoms with Gasteiger partial charge in [0.05, 0.1) is 22.7 Å². The Bertz CT molecular complexity index is 2340. The maximum absolute atomic E-state index is 4.20. The molecule has 5 heterocycles. The van der Waals surface area contributed by atoms with E-state index in [0.717, 1.165) is 0 Å². The monoisotopic (exact) mass is 802 g/mol. The smallest absolute Gasteiger partial charge is 0.0514 e. The van der Waals surface area contributed by atoms with Crippen molar-refractivity contribution >= 4 is 45.4 Å². The first-order valence-corrected chi connectivity index (χ1v) is 22.9. The summed E-state index contributed by atoms with van der Waals surface area (Å²) in [7, 11) is 0. The first-order chi connectivity index (χ1) is 26.7. The highest BCUT2D eigenvalue weighted by Crippen LogP contribution is 2.59. The van der Waals surface area contributed by atoms with Crippen LogP contribution in [0.1, 0.15) is 155 Å². The molecule has 2 aromatic heterocycles. The second-order valence-corrected chi connectivity index (χ2v) is 24.8. The molecule has 2 N–H and O–H groups in total. The number of hydrogen-bond donors (Lipinski definition) is 2. The molecule has 9 rings (SSSR count). The van der Waals surface area contributed by atoms with Crippen LogP contribution in [0.4, 0.5) is 22.7 Å². The van der Waals surface area contributed by atoms with Gasteiger partial charge in [-0.3, -0.25) is 0 Å². The summed E-state index contributed by atoms with van der Waals surface area (Å²) in [5, 5.41) is 8.39. The SMILES string of the molecule is CC(C)(C)c1cc2c3c(c1)C(C)(C)c1cc(C(C)(C)C)cc(c1N3)-c1ccc(s1)-c1cc(C(C)(C)C)cc3c1Nc1c(cc(C(C)(C)C)cc1C3(C)C)-c1ccc-2s1. The predicted octanol–water partition coefficient (Wildman–Crippen LogP) is 16.7. The van der Waals surface area contributed by atoms with Gasteiger partial charge in [-0.05, 0) is 115 Å². The molecule has 0 saturated carbocycles. The van der Waals surface area contributed by atoms with Crippen LogP contribution in [-0.4, -0.2) is 0 Å². The molecule has 0 amide bonds. The summed E-state index contributed by atoms with van der Waals surface area (Å²) in [5.74, 6) is 0. The summed E-state index contributed by atoms with van der Waals surface area (Å²) in [5.41, 5.74) is 20.5. The van der Waals surface area contributed by atoms with Gasteiger partial charge in [-0.2, -0.15) is 0 Å². The Morgan fingerprint density at radius 2 is 0.552 bits per heavy atom. The number of benzene rings is 4. The van der Waals surface area contributed by atoms with E-state index in [1.54, 1.807) is 0 Å². The van der Waals surface area contributed by atoms with Crippen LogP contribution >= 0.6 is 22.7 Å². The maximum Gasteiger partial charge on any atom is 0.0514 e. The van der Waals surface area contributed by atoms with Gasteiger partial charge in [0, 0.05) is 52.6 Å². The minimum atomic E-state index is -0.240. The van der Waals surface area contributed by atoms with Crippen LogP contribution in [0.5, 0.6) is 0 Å². The molecule has 0 radical (unpaired) electrons. The molecule has 3 aliphatic heterocycles. The molecule has 0 fully saturated rings. The van der Waals surface area contributed by atoms with Crippen molar-refractivity contribution in [2.45, 2.75) is 143 Å². The summed E-state index contributed by atoms with van der Waals surface area (Å²) in [6.07, 6.45) is 0. The molecule has 0 saturated heterocycles.